The number of benzene rings is 1. The molecule has 0 aliphatic heterocycles. The first-order valence-electron chi connectivity index (χ1n) is 5.68. The number of aromatic nitrogens is 3. The van der Waals surface area contributed by atoms with Gasteiger partial charge in [0.05, 0.1) is 12.3 Å². The molecule has 0 radical (unpaired) electrons. The molecule has 1 amide bonds. The largest absolute Gasteiger partial charge is 0.387 e. The molecule has 1 aromatic heterocycles. The van der Waals surface area contributed by atoms with Crippen LogP contribution in [0.5, 0.6) is 0 Å². The van der Waals surface area contributed by atoms with Crippen molar-refractivity contribution in [3.05, 3.63) is 39.7 Å². The van der Waals surface area contributed by atoms with E-state index < -0.39 is 6.10 Å². The Labute approximate surface area is 124 Å². The summed E-state index contributed by atoms with van der Waals surface area (Å²) in [5.74, 6) is -0.191. The van der Waals surface area contributed by atoms with Crippen molar-refractivity contribution in [2.24, 2.45) is 0 Å². The second-order valence-corrected chi connectivity index (χ2v) is 5.32. The molecule has 2 rings (SSSR count). The standard InChI is InChI=1S/C12H13IN4O2/c1-8(18)11-6-17(16-15-11)7-12(19)14-10-4-2-3-9(13)5-10/h2-6,8,18H,7H2,1H3,(H,14,19). The molecule has 1 unspecified atom stereocenters. The van der Waals surface area contributed by atoms with E-state index in [2.05, 4.69) is 38.2 Å². The number of carbonyl (C=O) groups is 1. The number of nitrogens with one attached hydrogen (secondary N) is 1. The first-order valence-corrected chi connectivity index (χ1v) is 6.76. The topological polar surface area (TPSA) is 80.0 Å². The summed E-state index contributed by atoms with van der Waals surface area (Å²) in [6.07, 6.45) is 0.867. The molecule has 7 heteroatoms. The number of aliphatic hydroxyl groups excluding tert-OH is 1. The lowest BCUT2D eigenvalue weighted by Crippen LogP contribution is -2.19. The lowest BCUT2D eigenvalue weighted by atomic mass is 10.3. The molecule has 1 aromatic carbocycles. The first kappa shape index (κ1) is 13.9. The van der Waals surface area contributed by atoms with Crippen molar-refractivity contribution in [2.45, 2.75) is 19.6 Å². The Bertz CT molecular complexity index is 583. The second kappa shape index (κ2) is 6.11. The van der Waals surface area contributed by atoms with Gasteiger partial charge < -0.3 is 10.4 Å². The highest BCUT2D eigenvalue weighted by molar-refractivity contribution is 14.1. The highest BCUT2D eigenvalue weighted by Gasteiger charge is 2.09. The van der Waals surface area contributed by atoms with E-state index in [0.717, 1.165) is 9.26 Å². The maximum Gasteiger partial charge on any atom is 0.246 e. The third-order valence-electron chi connectivity index (χ3n) is 2.40. The molecule has 6 nitrogen and oxygen atoms in total. The Morgan fingerprint density at radius 3 is 3.00 bits per heavy atom. The van der Waals surface area contributed by atoms with Gasteiger partial charge in [-0.2, -0.15) is 0 Å². The van der Waals surface area contributed by atoms with Crippen molar-refractivity contribution in [2.75, 3.05) is 5.32 Å². The van der Waals surface area contributed by atoms with Gasteiger partial charge in [0, 0.05) is 9.26 Å². The fourth-order valence-electron chi connectivity index (χ4n) is 1.50. The summed E-state index contributed by atoms with van der Waals surface area (Å²) in [4.78, 5) is 11.8. The summed E-state index contributed by atoms with van der Waals surface area (Å²) >= 11 is 2.18. The molecule has 2 aromatic rings. The molecule has 0 bridgehead atoms. The minimum absolute atomic E-state index is 0.0607. The van der Waals surface area contributed by atoms with E-state index in [-0.39, 0.29) is 12.5 Å². The van der Waals surface area contributed by atoms with E-state index in [1.165, 1.54) is 4.68 Å². The third kappa shape index (κ3) is 4.00. The molecule has 1 heterocycles. The summed E-state index contributed by atoms with van der Waals surface area (Å²) in [6, 6.07) is 7.52. The van der Waals surface area contributed by atoms with Crippen molar-refractivity contribution in [1.29, 1.82) is 0 Å². The van der Waals surface area contributed by atoms with Gasteiger partial charge in [-0.1, -0.05) is 11.3 Å². The number of aliphatic hydroxyl groups is 1. The lowest BCUT2D eigenvalue weighted by Gasteiger charge is -2.05. The number of hydrogen-bond acceptors (Lipinski definition) is 4. The lowest BCUT2D eigenvalue weighted by molar-refractivity contribution is -0.116. The van der Waals surface area contributed by atoms with Crippen LogP contribution >= 0.6 is 22.6 Å². The van der Waals surface area contributed by atoms with Gasteiger partial charge in [0.15, 0.2) is 0 Å². The number of rotatable bonds is 4. The maximum atomic E-state index is 11.8. The van der Waals surface area contributed by atoms with E-state index in [9.17, 15) is 9.90 Å². The summed E-state index contributed by atoms with van der Waals surface area (Å²) in [7, 11) is 0. The van der Waals surface area contributed by atoms with E-state index in [1.54, 1.807) is 13.1 Å². The molecular weight excluding hydrogens is 359 g/mol. The summed E-state index contributed by atoms with van der Waals surface area (Å²) in [5, 5.41) is 19.6. The zero-order chi connectivity index (χ0) is 13.8. The smallest absolute Gasteiger partial charge is 0.246 e. The van der Waals surface area contributed by atoms with Crippen LogP contribution in [0.4, 0.5) is 5.69 Å². The van der Waals surface area contributed by atoms with E-state index in [0.29, 0.717) is 5.69 Å². The Hall–Kier alpha value is -1.48. The minimum atomic E-state index is -0.687. The van der Waals surface area contributed by atoms with Gasteiger partial charge in [0.25, 0.3) is 0 Å². The zero-order valence-corrected chi connectivity index (χ0v) is 12.4. The van der Waals surface area contributed by atoms with Crippen LogP contribution in [0.25, 0.3) is 0 Å². The predicted octanol–water partition coefficient (Wildman–Crippen LogP) is 1.57. The predicted molar refractivity (Wildman–Crippen MR) is 78.4 cm³/mol. The van der Waals surface area contributed by atoms with E-state index >= 15 is 0 Å². The normalized spacial score (nSPS) is 12.2. The van der Waals surface area contributed by atoms with Crippen LogP contribution in [0.15, 0.2) is 30.5 Å². The summed E-state index contributed by atoms with van der Waals surface area (Å²) in [6.45, 7) is 1.66. The average molecular weight is 372 g/mol. The number of amides is 1. The third-order valence-corrected chi connectivity index (χ3v) is 3.07. The van der Waals surface area contributed by atoms with Crippen LogP contribution in [-0.4, -0.2) is 26.0 Å². The van der Waals surface area contributed by atoms with Crippen molar-refractivity contribution in [3.8, 4) is 0 Å². The van der Waals surface area contributed by atoms with E-state index in [4.69, 9.17) is 0 Å². The fourth-order valence-corrected chi connectivity index (χ4v) is 2.04. The molecule has 19 heavy (non-hydrogen) atoms. The molecule has 0 fully saturated rings. The van der Waals surface area contributed by atoms with Crippen LogP contribution in [0, 0.1) is 3.57 Å². The van der Waals surface area contributed by atoms with E-state index in [1.807, 2.05) is 24.3 Å². The van der Waals surface area contributed by atoms with Crippen LogP contribution in [-0.2, 0) is 11.3 Å². The molecule has 0 aliphatic carbocycles. The molecule has 0 saturated heterocycles. The monoisotopic (exact) mass is 372 g/mol. The van der Waals surface area contributed by atoms with Gasteiger partial charge in [0.2, 0.25) is 5.91 Å². The van der Waals surface area contributed by atoms with Crippen LogP contribution < -0.4 is 5.32 Å². The molecule has 1 atom stereocenters. The highest BCUT2D eigenvalue weighted by atomic mass is 127. The van der Waals surface area contributed by atoms with Gasteiger partial charge in [-0.05, 0) is 47.7 Å². The first-order chi connectivity index (χ1) is 9.04. The quantitative estimate of drug-likeness (QED) is 0.799. The van der Waals surface area contributed by atoms with Crippen molar-refractivity contribution < 1.29 is 9.90 Å². The molecule has 0 aliphatic rings. The number of carbonyl (C=O) groups excluding carboxylic acids is 1. The van der Waals surface area contributed by atoms with Crippen molar-refractivity contribution in [1.82, 2.24) is 15.0 Å². The van der Waals surface area contributed by atoms with Crippen molar-refractivity contribution >= 4 is 34.2 Å². The van der Waals surface area contributed by atoms with Gasteiger partial charge >= 0.3 is 0 Å². The zero-order valence-electron chi connectivity index (χ0n) is 10.2. The highest BCUT2D eigenvalue weighted by Crippen LogP contribution is 2.12. The molecule has 0 spiro atoms. The second-order valence-electron chi connectivity index (χ2n) is 4.08. The van der Waals surface area contributed by atoms with Gasteiger partial charge in [-0.15, -0.1) is 5.10 Å². The number of hydrogen-bond donors (Lipinski definition) is 2. The maximum absolute atomic E-state index is 11.8. The molecule has 0 saturated carbocycles. The van der Waals surface area contributed by atoms with Crippen LogP contribution in [0.1, 0.15) is 18.7 Å². The Balaban J connectivity index is 1.97. The van der Waals surface area contributed by atoms with Crippen molar-refractivity contribution in [3.63, 3.8) is 0 Å². The SMILES string of the molecule is CC(O)c1cn(CC(=O)Nc2cccc(I)c2)nn1. The van der Waals surface area contributed by atoms with Gasteiger partial charge in [-0.25, -0.2) is 4.68 Å². The molecular formula is C12H13IN4O2. The van der Waals surface area contributed by atoms with Crippen LogP contribution in [0.2, 0.25) is 0 Å². The Morgan fingerprint density at radius 2 is 2.37 bits per heavy atom. The Kier molecular flexibility index (Phi) is 4.48. The minimum Gasteiger partial charge on any atom is -0.387 e. The fraction of sp³-hybridized carbons (Fsp3) is 0.250. The Morgan fingerprint density at radius 1 is 1.58 bits per heavy atom. The number of nitrogens with zero attached hydrogens (tertiary/aromatic N) is 3. The number of halogens is 1. The molecule has 100 valence electrons. The van der Waals surface area contributed by atoms with Crippen LogP contribution in [0.3, 0.4) is 0 Å². The van der Waals surface area contributed by atoms with Gasteiger partial charge in [0.1, 0.15) is 12.2 Å². The summed E-state index contributed by atoms with van der Waals surface area (Å²) in [5.41, 5.74) is 1.19. The average Bonchev–Trinajstić information content (AvgIpc) is 2.77. The molecule has 2 N–H and O–H groups in total. The summed E-state index contributed by atoms with van der Waals surface area (Å²) < 4.78 is 2.44. The number of anilines is 1. The van der Waals surface area contributed by atoms with Gasteiger partial charge in [-0.3, -0.25) is 4.79 Å².